The highest BCUT2D eigenvalue weighted by Crippen LogP contribution is 2.07. The summed E-state index contributed by atoms with van der Waals surface area (Å²) in [5.41, 5.74) is 1.17. The van der Waals surface area contributed by atoms with Crippen molar-refractivity contribution in [2.75, 3.05) is 0 Å². The van der Waals surface area contributed by atoms with Crippen LogP contribution in [0.3, 0.4) is 0 Å². The SMILES string of the molecule is C=C(C)C.CCCC(C)CC. The third-order valence-electron chi connectivity index (χ3n) is 1.48. The van der Waals surface area contributed by atoms with Gasteiger partial charge in [-0.2, -0.15) is 0 Å². The van der Waals surface area contributed by atoms with Gasteiger partial charge < -0.3 is 0 Å². The number of rotatable bonds is 3. The second-order valence-electron chi connectivity index (χ2n) is 3.51. The van der Waals surface area contributed by atoms with Crippen LogP contribution in [0.2, 0.25) is 0 Å². The van der Waals surface area contributed by atoms with Gasteiger partial charge in [-0.15, -0.1) is 6.58 Å². The van der Waals surface area contributed by atoms with Crippen LogP contribution in [0.4, 0.5) is 0 Å². The highest BCUT2D eigenvalue weighted by Gasteiger charge is 1.92. The third kappa shape index (κ3) is 26.0. The first-order valence-corrected chi connectivity index (χ1v) is 4.66. The van der Waals surface area contributed by atoms with Gasteiger partial charge in [-0.3, -0.25) is 0 Å². The van der Waals surface area contributed by atoms with E-state index in [1.54, 1.807) is 0 Å². The van der Waals surface area contributed by atoms with Crippen LogP contribution < -0.4 is 0 Å². The van der Waals surface area contributed by atoms with E-state index in [4.69, 9.17) is 0 Å². The van der Waals surface area contributed by atoms with Crippen molar-refractivity contribution in [1.29, 1.82) is 0 Å². The Balaban J connectivity index is 0. The van der Waals surface area contributed by atoms with Crippen LogP contribution in [-0.4, -0.2) is 0 Å². The molecule has 0 aromatic carbocycles. The molecule has 0 rings (SSSR count). The van der Waals surface area contributed by atoms with E-state index in [1.165, 1.54) is 24.8 Å². The van der Waals surface area contributed by atoms with E-state index in [1.807, 2.05) is 13.8 Å². The summed E-state index contributed by atoms with van der Waals surface area (Å²) >= 11 is 0. The maximum atomic E-state index is 3.56. The van der Waals surface area contributed by atoms with Gasteiger partial charge in [0.05, 0.1) is 0 Å². The van der Waals surface area contributed by atoms with E-state index in [-0.39, 0.29) is 0 Å². The van der Waals surface area contributed by atoms with Gasteiger partial charge in [-0.05, 0) is 19.8 Å². The summed E-state index contributed by atoms with van der Waals surface area (Å²) in [6.45, 7) is 14.3. The van der Waals surface area contributed by atoms with E-state index >= 15 is 0 Å². The minimum Gasteiger partial charge on any atom is -0.100 e. The minimum atomic E-state index is 0.949. The van der Waals surface area contributed by atoms with E-state index in [9.17, 15) is 0 Å². The molecule has 0 nitrogen and oxygen atoms in total. The Morgan fingerprint density at radius 1 is 1.27 bits per heavy atom. The molecule has 0 saturated carbocycles. The molecule has 0 heterocycles. The fourth-order valence-corrected chi connectivity index (χ4v) is 0.697. The van der Waals surface area contributed by atoms with Crippen molar-refractivity contribution in [1.82, 2.24) is 0 Å². The van der Waals surface area contributed by atoms with Crippen LogP contribution in [0.15, 0.2) is 12.2 Å². The lowest BCUT2D eigenvalue weighted by molar-refractivity contribution is 0.509. The Hall–Kier alpha value is -0.260. The molecule has 0 aromatic heterocycles. The molecule has 0 bridgehead atoms. The van der Waals surface area contributed by atoms with E-state index in [2.05, 4.69) is 27.4 Å². The van der Waals surface area contributed by atoms with Gasteiger partial charge in [0.25, 0.3) is 0 Å². The van der Waals surface area contributed by atoms with Crippen molar-refractivity contribution in [2.24, 2.45) is 5.92 Å². The van der Waals surface area contributed by atoms with Crippen molar-refractivity contribution in [3.63, 3.8) is 0 Å². The molecular formula is C11H24. The fourth-order valence-electron chi connectivity index (χ4n) is 0.697. The van der Waals surface area contributed by atoms with Crippen molar-refractivity contribution in [3.8, 4) is 0 Å². The Labute approximate surface area is 72.7 Å². The average Bonchev–Trinajstić information content (AvgIpc) is 1.87. The Morgan fingerprint density at radius 3 is 1.73 bits per heavy atom. The Kier molecular flexibility index (Phi) is 11.8. The molecule has 0 aliphatic rings. The van der Waals surface area contributed by atoms with Crippen LogP contribution >= 0.6 is 0 Å². The lowest BCUT2D eigenvalue weighted by atomic mass is 10.0. The fraction of sp³-hybridized carbons (Fsp3) is 0.818. The predicted molar refractivity (Wildman–Crippen MR) is 54.9 cm³/mol. The minimum absolute atomic E-state index is 0.949. The Bertz CT molecular complexity index is 78.0. The number of hydrogen-bond acceptors (Lipinski definition) is 0. The van der Waals surface area contributed by atoms with Gasteiger partial charge in [0.1, 0.15) is 0 Å². The van der Waals surface area contributed by atoms with Gasteiger partial charge in [-0.1, -0.05) is 45.6 Å². The molecule has 68 valence electrons. The van der Waals surface area contributed by atoms with Crippen LogP contribution in [0.5, 0.6) is 0 Å². The van der Waals surface area contributed by atoms with Crippen LogP contribution in [0, 0.1) is 5.92 Å². The van der Waals surface area contributed by atoms with Crippen LogP contribution in [-0.2, 0) is 0 Å². The predicted octanol–water partition coefficient (Wildman–Crippen LogP) is 4.42. The molecular weight excluding hydrogens is 132 g/mol. The van der Waals surface area contributed by atoms with Gasteiger partial charge in [0, 0.05) is 0 Å². The molecule has 1 unspecified atom stereocenters. The molecule has 0 spiro atoms. The lowest BCUT2D eigenvalue weighted by Crippen LogP contribution is -1.88. The maximum absolute atomic E-state index is 3.56. The van der Waals surface area contributed by atoms with Crippen LogP contribution in [0.25, 0.3) is 0 Å². The van der Waals surface area contributed by atoms with E-state index < -0.39 is 0 Å². The van der Waals surface area contributed by atoms with Crippen molar-refractivity contribution in [3.05, 3.63) is 12.2 Å². The highest BCUT2D eigenvalue weighted by molar-refractivity contribution is 4.78. The number of allylic oxidation sites excluding steroid dienone is 1. The third-order valence-corrected chi connectivity index (χ3v) is 1.48. The summed E-state index contributed by atoms with van der Waals surface area (Å²) in [6, 6.07) is 0. The zero-order valence-corrected chi connectivity index (χ0v) is 8.91. The summed E-state index contributed by atoms with van der Waals surface area (Å²) in [5, 5.41) is 0. The second-order valence-corrected chi connectivity index (χ2v) is 3.51. The monoisotopic (exact) mass is 156 g/mol. The first kappa shape index (κ1) is 13.3. The summed E-state index contributed by atoms with van der Waals surface area (Å²) in [7, 11) is 0. The molecule has 0 amide bonds. The topological polar surface area (TPSA) is 0 Å². The summed E-state index contributed by atoms with van der Waals surface area (Å²) in [6.07, 6.45) is 4.08. The quantitative estimate of drug-likeness (QED) is 0.531. The van der Waals surface area contributed by atoms with Crippen molar-refractivity contribution >= 4 is 0 Å². The smallest absolute Gasteiger partial charge is 0.0445 e. The summed E-state index contributed by atoms with van der Waals surface area (Å²) < 4.78 is 0. The molecule has 0 aromatic rings. The molecule has 0 N–H and O–H groups in total. The average molecular weight is 156 g/mol. The first-order chi connectivity index (χ1) is 5.04. The standard InChI is InChI=1S/C7H16.C4H8/c1-4-6-7(3)5-2;1-4(2)3/h7H,4-6H2,1-3H3;1H2,2-3H3. The van der Waals surface area contributed by atoms with Gasteiger partial charge in [0.2, 0.25) is 0 Å². The number of hydrogen-bond donors (Lipinski definition) is 0. The van der Waals surface area contributed by atoms with Gasteiger partial charge in [0.15, 0.2) is 0 Å². The van der Waals surface area contributed by atoms with Gasteiger partial charge >= 0.3 is 0 Å². The highest BCUT2D eigenvalue weighted by atomic mass is 14.0. The second kappa shape index (κ2) is 9.74. The van der Waals surface area contributed by atoms with Crippen molar-refractivity contribution < 1.29 is 0 Å². The molecule has 0 aliphatic carbocycles. The maximum Gasteiger partial charge on any atom is -0.0445 e. The van der Waals surface area contributed by atoms with E-state index in [0.29, 0.717) is 0 Å². The zero-order chi connectivity index (χ0) is 9.28. The van der Waals surface area contributed by atoms with Gasteiger partial charge in [-0.25, -0.2) is 0 Å². The summed E-state index contributed by atoms with van der Waals surface area (Å²) in [5.74, 6) is 0.949. The van der Waals surface area contributed by atoms with E-state index in [0.717, 1.165) is 5.92 Å². The lowest BCUT2D eigenvalue weighted by Gasteiger charge is -2.02. The molecule has 0 aliphatic heterocycles. The Morgan fingerprint density at radius 2 is 1.64 bits per heavy atom. The molecule has 1 atom stereocenters. The normalized spacial score (nSPS) is 11.4. The molecule has 0 saturated heterocycles. The van der Waals surface area contributed by atoms with Crippen molar-refractivity contribution in [2.45, 2.75) is 53.9 Å². The molecule has 11 heavy (non-hydrogen) atoms. The molecule has 0 radical (unpaired) electrons. The molecule has 0 heteroatoms. The molecule has 0 fully saturated rings. The zero-order valence-electron chi connectivity index (χ0n) is 8.91. The first-order valence-electron chi connectivity index (χ1n) is 4.66. The largest absolute Gasteiger partial charge is 0.100 e. The summed E-state index contributed by atoms with van der Waals surface area (Å²) in [4.78, 5) is 0. The van der Waals surface area contributed by atoms with Crippen LogP contribution in [0.1, 0.15) is 53.9 Å².